The Morgan fingerprint density at radius 1 is 1.12 bits per heavy atom. The molecule has 5 aromatic rings. The van der Waals surface area contributed by atoms with Crippen molar-refractivity contribution in [1.29, 1.82) is 0 Å². The molecular formula is C23H16FN3O4S. The van der Waals surface area contributed by atoms with Crippen molar-refractivity contribution in [2.75, 3.05) is 0 Å². The number of hydrogen-bond acceptors (Lipinski definition) is 4. The summed E-state index contributed by atoms with van der Waals surface area (Å²) in [4.78, 5) is 41.2. The zero-order valence-corrected chi connectivity index (χ0v) is 17.6. The highest BCUT2D eigenvalue weighted by molar-refractivity contribution is 7.09. The van der Waals surface area contributed by atoms with Crippen molar-refractivity contribution in [1.82, 2.24) is 14.1 Å². The number of rotatable bonds is 4. The molecule has 0 aliphatic rings. The molecule has 0 spiro atoms. The summed E-state index contributed by atoms with van der Waals surface area (Å²) in [5.74, 6) is -1.81. The maximum atomic E-state index is 14.4. The van der Waals surface area contributed by atoms with Crippen molar-refractivity contribution in [2.45, 2.75) is 13.5 Å². The molecule has 0 amide bonds. The van der Waals surface area contributed by atoms with Crippen molar-refractivity contribution in [3.63, 3.8) is 0 Å². The molecule has 160 valence electrons. The summed E-state index contributed by atoms with van der Waals surface area (Å²) in [6.45, 7) is 1.74. The molecule has 2 aromatic carbocycles. The highest BCUT2D eigenvalue weighted by Gasteiger charge is 2.27. The van der Waals surface area contributed by atoms with E-state index in [0.29, 0.717) is 16.4 Å². The van der Waals surface area contributed by atoms with Crippen molar-refractivity contribution >= 4 is 39.1 Å². The van der Waals surface area contributed by atoms with Gasteiger partial charge >= 0.3 is 11.7 Å². The molecule has 0 atom stereocenters. The van der Waals surface area contributed by atoms with Crippen LogP contribution in [-0.2, 0) is 6.54 Å². The highest BCUT2D eigenvalue weighted by Crippen LogP contribution is 2.31. The van der Waals surface area contributed by atoms with Crippen LogP contribution in [0.5, 0.6) is 0 Å². The molecule has 3 heterocycles. The minimum atomic E-state index is -1.33. The Morgan fingerprint density at radius 3 is 2.66 bits per heavy atom. The summed E-state index contributed by atoms with van der Waals surface area (Å²) in [6.07, 6.45) is 0. The van der Waals surface area contributed by atoms with Gasteiger partial charge in [-0.15, -0.1) is 11.3 Å². The van der Waals surface area contributed by atoms with Gasteiger partial charge in [-0.2, -0.15) is 0 Å². The number of carboxylic acid groups (broad SMARTS) is 1. The summed E-state index contributed by atoms with van der Waals surface area (Å²) < 4.78 is 16.7. The fourth-order valence-electron chi connectivity index (χ4n) is 4.00. The van der Waals surface area contributed by atoms with Gasteiger partial charge in [-0.1, -0.05) is 29.8 Å². The summed E-state index contributed by atoms with van der Waals surface area (Å²) in [5, 5.41) is 14.1. The number of hydrogen-bond donors (Lipinski definition) is 2. The summed E-state index contributed by atoms with van der Waals surface area (Å²) in [7, 11) is 0. The van der Waals surface area contributed by atoms with Gasteiger partial charge in [0, 0.05) is 21.7 Å². The number of nitrogens with zero attached hydrogens (tertiary/aromatic N) is 2. The number of aromatic carboxylic acids is 1. The number of aryl methyl sites for hydroxylation is 1. The smallest absolute Gasteiger partial charge is 0.354 e. The third kappa shape index (κ3) is 2.97. The van der Waals surface area contributed by atoms with Gasteiger partial charge in [-0.3, -0.25) is 4.79 Å². The largest absolute Gasteiger partial charge is 0.477 e. The first-order chi connectivity index (χ1) is 15.4. The maximum absolute atomic E-state index is 14.4. The van der Waals surface area contributed by atoms with Crippen LogP contribution in [-0.4, -0.2) is 25.2 Å². The van der Waals surface area contributed by atoms with Gasteiger partial charge in [0.25, 0.3) is 5.56 Å². The van der Waals surface area contributed by atoms with Gasteiger partial charge in [0.05, 0.1) is 28.7 Å². The molecular weight excluding hydrogens is 433 g/mol. The summed E-state index contributed by atoms with van der Waals surface area (Å²) >= 11 is 1.26. The number of carboxylic acids is 1. The van der Waals surface area contributed by atoms with Gasteiger partial charge in [-0.05, 0) is 25.1 Å². The van der Waals surface area contributed by atoms with Gasteiger partial charge in [0.2, 0.25) is 0 Å². The Labute approximate surface area is 183 Å². The maximum Gasteiger partial charge on any atom is 0.354 e. The zero-order chi connectivity index (χ0) is 22.6. The number of nitrogens with one attached hydrogen (secondary N) is 1. The van der Waals surface area contributed by atoms with Gasteiger partial charge in [-0.25, -0.2) is 18.5 Å². The molecule has 0 aliphatic carbocycles. The van der Waals surface area contributed by atoms with Crippen LogP contribution >= 0.6 is 11.3 Å². The molecule has 7 nitrogen and oxygen atoms in total. The topological polar surface area (TPSA) is 97.1 Å². The molecule has 5 rings (SSSR count). The first-order valence-electron chi connectivity index (χ1n) is 9.68. The lowest BCUT2D eigenvalue weighted by Gasteiger charge is -2.10. The molecule has 2 N–H and O–H groups in total. The lowest BCUT2D eigenvalue weighted by molar-refractivity contribution is 0.0686. The second-order valence-corrected chi connectivity index (χ2v) is 8.21. The fraction of sp³-hybridized carbons (Fsp3) is 0.0870. The van der Waals surface area contributed by atoms with Crippen LogP contribution in [0, 0.1) is 12.7 Å². The molecule has 0 saturated heterocycles. The fourth-order valence-corrected chi connectivity index (χ4v) is 4.76. The second-order valence-electron chi connectivity index (χ2n) is 7.47. The number of thiophene rings is 1. The van der Waals surface area contributed by atoms with Gasteiger partial charge in [0.1, 0.15) is 5.82 Å². The predicted octanol–water partition coefficient (Wildman–Crippen LogP) is 3.89. The second kappa shape index (κ2) is 7.31. The van der Waals surface area contributed by atoms with E-state index in [1.807, 2.05) is 6.92 Å². The molecule has 0 fully saturated rings. The third-order valence-electron chi connectivity index (χ3n) is 5.44. The summed E-state index contributed by atoms with van der Waals surface area (Å²) in [6, 6.07) is 11.3. The van der Waals surface area contributed by atoms with Gasteiger partial charge in [0.15, 0.2) is 5.69 Å². The first kappa shape index (κ1) is 20.0. The highest BCUT2D eigenvalue weighted by atomic mass is 32.1. The van der Waals surface area contributed by atoms with Crippen LogP contribution in [0.1, 0.15) is 21.6 Å². The number of fused-ring (bicyclic) bond motifs is 2. The van der Waals surface area contributed by atoms with E-state index < -0.39 is 23.0 Å². The molecule has 9 heteroatoms. The number of halogens is 1. The summed E-state index contributed by atoms with van der Waals surface area (Å²) in [5.41, 5.74) is 0.317. The molecule has 0 saturated carbocycles. The molecule has 32 heavy (non-hydrogen) atoms. The molecule has 0 bridgehead atoms. The Hall–Kier alpha value is -3.98. The van der Waals surface area contributed by atoms with E-state index in [4.69, 9.17) is 0 Å². The van der Waals surface area contributed by atoms with Crippen LogP contribution < -0.4 is 11.2 Å². The molecule has 0 unspecified atom stereocenters. The average molecular weight is 449 g/mol. The SMILES string of the molecule is Cc1ccc2c(c1)c(-n1c(=O)[nH]c3cscc3c1=O)c(C(=O)O)n2Cc1ccccc1F. The van der Waals surface area contributed by atoms with Crippen molar-refractivity contribution in [3.05, 3.63) is 96.7 Å². The number of aromatic amines is 1. The minimum absolute atomic E-state index is 0.0353. The van der Waals surface area contributed by atoms with E-state index in [2.05, 4.69) is 4.98 Å². The number of aromatic nitrogens is 3. The number of benzene rings is 2. The van der Waals surface area contributed by atoms with Crippen molar-refractivity contribution in [3.8, 4) is 5.69 Å². The van der Waals surface area contributed by atoms with Crippen LogP contribution in [0.25, 0.3) is 27.5 Å². The predicted molar refractivity (Wildman–Crippen MR) is 121 cm³/mol. The standard InChI is InChI=1S/C23H16FN3O4S/c1-12-6-7-18-14(8-12)19(27-21(28)15-10-32-11-17(15)25-23(27)31)20(22(29)30)26(18)9-13-4-2-3-5-16(13)24/h2-8,10-11H,9H2,1H3,(H,25,31)(H,29,30). The Bertz CT molecular complexity index is 1660. The number of carbonyl (C=O) groups is 1. The molecule has 0 radical (unpaired) electrons. The Morgan fingerprint density at radius 2 is 1.91 bits per heavy atom. The van der Waals surface area contributed by atoms with E-state index in [0.717, 1.165) is 10.1 Å². The van der Waals surface area contributed by atoms with Crippen LogP contribution in [0.2, 0.25) is 0 Å². The van der Waals surface area contributed by atoms with Crippen LogP contribution in [0.15, 0.2) is 62.8 Å². The minimum Gasteiger partial charge on any atom is -0.477 e. The van der Waals surface area contributed by atoms with Crippen molar-refractivity contribution < 1.29 is 14.3 Å². The van der Waals surface area contributed by atoms with Crippen LogP contribution in [0.4, 0.5) is 4.39 Å². The monoisotopic (exact) mass is 449 g/mol. The molecule has 3 aromatic heterocycles. The van der Waals surface area contributed by atoms with Gasteiger partial charge < -0.3 is 14.7 Å². The average Bonchev–Trinajstić information content (AvgIpc) is 3.33. The Balaban J connectivity index is 1.92. The quantitative estimate of drug-likeness (QED) is 0.435. The van der Waals surface area contributed by atoms with E-state index in [9.17, 15) is 23.9 Å². The third-order valence-corrected chi connectivity index (χ3v) is 6.19. The van der Waals surface area contributed by atoms with E-state index in [1.54, 1.807) is 47.2 Å². The van der Waals surface area contributed by atoms with E-state index in [1.165, 1.54) is 22.0 Å². The lowest BCUT2D eigenvalue weighted by atomic mass is 10.1. The molecule has 0 aliphatic heterocycles. The lowest BCUT2D eigenvalue weighted by Crippen LogP contribution is -2.34. The van der Waals surface area contributed by atoms with Crippen molar-refractivity contribution in [2.24, 2.45) is 0 Å². The normalized spacial score (nSPS) is 11.4. The zero-order valence-electron chi connectivity index (χ0n) is 16.8. The number of H-pyrrole nitrogens is 1. The van der Waals surface area contributed by atoms with Crippen LogP contribution in [0.3, 0.4) is 0 Å². The first-order valence-corrected chi connectivity index (χ1v) is 10.6. The Kier molecular flexibility index (Phi) is 4.56. The van der Waals surface area contributed by atoms with E-state index in [-0.39, 0.29) is 28.9 Å². The van der Waals surface area contributed by atoms with E-state index >= 15 is 0 Å².